The number of sulfonamides is 1. The van der Waals surface area contributed by atoms with Crippen LogP contribution in [0.1, 0.15) is 16.2 Å². The van der Waals surface area contributed by atoms with Crippen LogP contribution in [-0.2, 0) is 10.0 Å². The number of nitrogens with zero attached hydrogens (tertiary/aromatic N) is 2. The fourth-order valence-electron chi connectivity index (χ4n) is 3.26. The molecule has 5 nitrogen and oxygen atoms in total. The maximum atomic E-state index is 12.8. The van der Waals surface area contributed by atoms with Crippen molar-refractivity contribution in [2.75, 3.05) is 39.3 Å². The minimum atomic E-state index is -3.32. The van der Waals surface area contributed by atoms with Crippen molar-refractivity contribution >= 4 is 33.8 Å². The highest BCUT2D eigenvalue weighted by atomic mass is 35.5. The Bertz CT molecular complexity index is 604. The summed E-state index contributed by atoms with van der Waals surface area (Å²) >= 11 is 1.56. The molecule has 2 fully saturated rings. The van der Waals surface area contributed by atoms with Crippen LogP contribution in [-0.4, -0.2) is 62.9 Å². The molecule has 3 heterocycles. The molecule has 3 rings (SSSR count). The van der Waals surface area contributed by atoms with E-state index in [1.165, 1.54) is 6.42 Å². The molecule has 22 heavy (non-hydrogen) atoms. The SMILES string of the molecule is Cc1cc(S(=O)(=O)N2CCN(C3CCNC3)CC2)c(C)s1.Cl. The van der Waals surface area contributed by atoms with Gasteiger partial charge in [-0.2, -0.15) is 4.31 Å². The van der Waals surface area contributed by atoms with Gasteiger partial charge in [-0.05, 0) is 32.9 Å². The van der Waals surface area contributed by atoms with E-state index in [1.54, 1.807) is 15.6 Å². The monoisotopic (exact) mass is 365 g/mol. The van der Waals surface area contributed by atoms with Gasteiger partial charge >= 0.3 is 0 Å². The van der Waals surface area contributed by atoms with E-state index in [0.29, 0.717) is 24.0 Å². The fraction of sp³-hybridized carbons (Fsp3) is 0.714. The van der Waals surface area contributed by atoms with Crippen LogP contribution in [0.3, 0.4) is 0 Å². The predicted molar refractivity (Wildman–Crippen MR) is 92.6 cm³/mol. The number of halogens is 1. The highest BCUT2D eigenvalue weighted by Gasteiger charge is 2.33. The lowest BCUT2D eigenvalue weighted by molar-refractivity contribution is 0.145. The largest absolute Gasteiger partial charge is 0.315 e. The molecular weight excluding hydrogens is 342 g/mol. The summed E-state index contributed by atoms with van der Waals surface area (Å²) in [6.45, 7) is 8.86. The maximum absolute atomic E-state index is 12.8. The average Bonchev–Trinajstić information content (AvgIpc) is 3.09. The molecule has 0 saturated carbocycles. The summed E-state index contributed by atoms with van der Waals surface area (Å²) in [5.74, 6) is 0. The molecule has 8 heteroatoms. The molecule has 0 aliphatic carbocycles. The first-order valence-electron chi connectivity index (χ1n) is 7.50. The van der Waals surface area contributed by atoms with Gasteiger partial charge in [0.15, 0.2) is 0 Å². The molecule has 0 aromatic carbocycles. The van der Waals surface area contributed by atoms with Crippen molar-refractivity contribution < 1.29 is 8.42 Å². The minimum absolute atomic E-state index is 0. The first kappa shape index (κ1) is 18.2. The van der Waals surface area contributed by atoms with E-state index >= 15 is 0 Å². The second-order valence-corrected chi connectivity index (χ2v) is 9.23. The van der Waals surface area contributed by atoms with Gasteiger partial charge in [0.25, 0.3) is 0 Å². The first-order chi connectivity index (χ1) is 9.98. The van der Waals surface area contributed by atoms with Gasteiger partial charge in [-0.1, -0.05) is 0 Å². The lowest BCUT2D eigenvalue weighted by atomic mass is 10.2. The third-order valence-corrected chi connectivity index (χ3v) is 7.56. The molecular formula is C14H24ClN3O2S2. The Hall–Kier alpha value is -0.180. The van der Waals surface area contributed by atoms with E-state index in [-0.39, 0.29) is 12.4 Å². The number of hydrogen-bond donors (Lipinski definition) is 1. The van der Waals surface area contributed by atoms with E-state index in [1.807, 2.05) is 19.9 Å². The lowest BCUT2D eigenvalue weighted by Gasteiger charge is -2.37. The van der Waals surface area contributed by atoms with E-state index < -0.39 is 10.0 Å². The molecule has 0 radical (unpaired) electrons. The summed E-state index contributed by atoms with van der Waals surface area (Å²) < 4.78 is 27.2. The van der Waals surface area contributed by atoms with Crippen LogP contribution in [0.2, 0.25) is 0 Å². The number of nitrogens with one attached hydrogen (secondary N) is 1. The number of thiophene rings is 1. The highest BCUT2D eigenvalue weighted by Crippen LogP contribution is 2.28. The van der Waals surface area contributed by atoms with Crippen molar-refractivity contribution in [2.45, 2.75) is 31.2 Å². The van der Waals surface area contributed by atoms with Crippen molar-refractivity contribution in [3.05, 3.63) is 15.8 Å². The van der Waals surface area contributed by atoms with Gasteiger partial charge in [0.1, 0.15) is 0 Å². The van der Waals surface area contributed by atoms with Crippen LogP contribution < -0.4 is 5.32 Å². The summed E-state index contributed by atoms with van der Waals surface area (Å²) in [6, 6.07) is 2.39. The second-order valence-electron chi connectivity index (χ2n) is 5.86. The Morgan fingerprint density at radius 2 is 1.91 bits per heavy atom. The zero-order valence-electron chi connectivity index (χ0n) is 13.0. The highest BCUT2D eigenvalue weighted by molar-refractivity contribution is 7.89. The summed E-state index contributed by atoms with van der Waals surface area (Å²) in [4.78, 5) is 4.88. The van der Waals surface area contributed by atoms with Crippen LogP contribution in [0.4, 0.5) is 0 Å². The third kappa shape index (κ3) is 3.49. The molecule has 0 spiro atoms. The van der Waals surface area contributed by atoms with Crippen LogP contribution in [0.25, 0.3) is 0 Å². The Balaban J connectivity index is 0.00000176. The Morgan fingerprint density at radius 3 is 2.41 bits per heavy atom. The van der Waals surface area contributed by atoms with Crippen LogP contribution in [0.15, 0.2) is 11.0 Å². The first-order valence-corrected chi connectivity index (χ1v) is 9.76. The van der Waals surface area contributed by atoms with Crippen molar-refractivity contribution in [1.82, 2.24) is 14.5 Å². The number of piperazine rings is 1. The molecule has 0 amide bonds. The molecule has 2 aliphatic rings. The van der Waals surface area contributed by atoms with Gasteiger partial charge < -0.3 is 5.32 Å². The normalized spacial score (nSPS) is 24.4. The Morgan fingerprint density at radius 1 is 1.23 bits per heavy atom. The van der Waals surface area contributed by atoms with Gasteiger partial charge in [0.2, 0.25) is 10.0 Å². The maximum Gasteiger partial charge on any atom is 0.244 e. The summed E-state index contributed by atoms with van der Waals surface area (Å²) in [5, 5.41) is 3.38. The molecule has 0 bridgehead atoms. The van der Waals surface area contributed by atoms with E-state index in [9.17, 15) is 8.42 Å². The second kappa shape index (κ2) is 7.15. The molecule has 1 aromatic rings. The standard InChI is InChI=1S/C14H23N3O2S2.ClH/c1-11-9-14(12(2)20-11)21(18,19)17-7-5-16(6-8-17)13-3-4-15-10-13;/h9,13,15H,3-8,10H2,1-2H3;1H. The minimum Gasteiger partial charge on any atom is -0.315 e. The van der Waals surface area contributed by atoms with Gasteiger partial charge in [-0.3, -0.25) is 4.90 Å². The Kier molecular flexibility index (Phi) is 5.90. The van der Waals surface area contributed by atoms with Gasteiger partial charge in [-0.25, -0.2) is 8.42 Å². The summed E-state index contributed by atoms with van der Waals surface area (Å²) in [7, 11) is -3.32. The van der Waals surface area contributed by atoms with Crippen molar-refractivity contribution in [3.8, 4) is 0 Å². The quantitative estimate of drug-likeness (QED) is 0.881. The zero-order chi connectivity index (χ0) is 15.0. The van der Waals surface area contributed by atoms with Gasteiger partial charge in [-0.15, -0.1) is 23.7 Å². The molecule has 1 unspecified atom stereocenters. The summed E-state index contributed by atoms with van der Waals surface area (Å²) in [5.41, 5.74) is 0. The van der Waals surface area contributed by atoms with Crippen LogP contribution in [0.5, 0.6) is 0 Å². The number of hydrogen-bond acceptors (Lipinski definition) is 5. The molecule has 2 saturated heterocycles. The number of rotatable bonds is 3. The Labute approximate surface area is 143 Å². The average molecular weight is 366 g/mol. The van der Waals surface area contributed by atoms with E-state index in [2.05, 4.69) is 10.2 Å². The van der Waals surface area contributed by atoms with Gasteiger partial charge in [0, 0.05) is 48.5 Å². The van der Waals surface area contributed by atoms with Crippen molar-refractivity contribution in [3.63, 3.8) is 0 Å². The summed E-state index contributed by atoms with van der Waals surface area (Å²) in [6.07, 6.45) is 1.18. The topological polar surface area (TPSA) is 52.7 Å². The number of aryl methyl sites for hydroxylation is 2. The third-order valence-electron chi connectivity index (χ3n) is 4.44. The predicted octanol–water partition coefficient (Wildman–Crippen LogP) is 1.45. The van der Waals surface area contributed by atoms with E-state index in [0.717, 1.165) is 35.9 Å². The van der Waals surface area contributed by atoms with Crippen molar-refractivity contribution in [1.29, 1.82) is 0 Å². The molecule has 126 valence electrons. The van der Waals surface area contributed by atoms with E-state index in [4.69, 9.17) is 0 Å². The fourth-order valence-corrected chi connectivity index (χ4v) is 6.21. The smallest absolute Gasteiger partial charge is 0.244 e. The molecule has 1 N–H and O–H groups in total. The lowest BCUT2D eigenvalue weighted by Crippen LogP contribution is -2.52. The molecule has 2 aliphatic heterocycles. The van der Waals surface area contributed by atoms with Crippen LogP contribution >= 0.6 is 23.7 Å². The van der Waals surface area contributed by atoms with Crippen LogP contribution in [0, 0.1) is 13.8 Å². The van der Waals surface area contributed by atoms with Crippen molar-refractivity contribution in [2.24, 2.45) is 0 Å². The zero-order valence-corrected chi connectivity index (χ0v) is 15.5. The molecule has 1 aromatic heterocycles. The van der Waals surface area contributed by atoms with Gasteiger partial charge in [0.05, 0.1) is 4.90 Å². The molecule has 1 atom stereocenters.